The van der Waals surface area contributed by atoms with Crippen LogP contribution in [0.1, 0.15) is 60.8 Å². The van der Waals surface area contributed by atoms with Crippen molar-refractivity contribution in [3.8, 4) is 22.8 Å². The van der Waals surface area contributed by atoms with E-state index in [4.69, 9.17) is 13.9 Å². The number of ketones is 1. The summed E-state index contributed by atoms with van der Waals surface area (Å²) >= 11 is 0. The quantitative estimate of drug-likeness (QED) is 0.498. The number of aryl methyl sites for hydroxylation is 1. The van der Waals surface area contributed by atoms with Crippen LogP contribution in [-0.2, 0) is 11.2 Å². The molecule has 0 saturated carbocycles. The number of carbonyl (C=O) groups is 2. The number of ether oxygens (including phenoxy) is 2. The maximum Gasteiger partial charge on any atom is 0.223 e. The van der Waals surface area contributed by atoms with Crippen molar-refractivity contribution < 1.29 is 23.5 Å². The van der Waals surface area contributed by atoms with E-state index in [1.54, 1.807) is 36.4 Å². The second-order valence-corrected chi connectivity index (χ2v) is 9.71. The van der Waals surface area contributed by atoms with Crippen molar-refractivity contribution >= 4 is 11.7 Å². The predicted molar refractivity (Wildman–Crippen MR) is 131 cm³/mol. The number of nitrogens with zero attached hydrogens (tertiary/aromatic N) is 2. The minimum absolute atomic E-state index is 0.0134. The molecular weight excluding hydrogens is 444 g/mol. The summed E-state index contributed by atoms with van der Waals surface area (Å²) in [5.74, 6) is 2.94. The molecule has 1 atom stereocenters. The molecule has 2 aliphatic rings. The zero-order valence-corrected chi connectivity index (χ0v) is 20.4. The zero-order valence-electron chi connectivity index (χ0n) is 20.4. The molecular formula is C28H30N2O5. The van der Waals surface area contributed by atoms with Crippen molar-refractivity contribution in [3.63, 3.8) is 0 Å². The summed E-state index contributed by atoms with van der Waals surface area (Å²) in [4.78, 5) is 31.9. The van der Waals surface area contributed by atoms with Gasteiger partial charge in [-0.1, -0.05) is 38.1 Å². The van der Waals surface area contributed by atoms with Gasteiger partial charge in [-0.25, -0.2) is 4.98 Å². The van der Waals surface area contributed by atoms with E-state index >= 15 is 0 Å². The van der Waals surface area contributed by atoms with Gasteiger partial charge in [0.15, 0.2) is 17.4 Å². The van der Waals surface area contributed by atoms with Crippen LogP contribution in [0.25, 0.3) is 11.3 Å². The van der Waals surface area contributed by atoms with Crippen LogP contribution < -0.4 is 9.47 Å². The van der Waals surface area contributed by atoms with Crippen molar-refractivity contribution in [1.82, 2.24) is 9.88 Å². The molecule has 3 aromatic rings. The first-order valence-electron chi connectivity index (χ1n) is 12.1. The van der Waals surface area contributed by atoms with E-state index < -0.39 is 5.60 Å². The van der Waals surface area contributed by atoms with Gasteiger partial charge in [0.05, 0.1) is 31.8 Å². The Bertz CT molecular complexity index is 1250. The first kappa shape index (κ1) is 23.1. The van der Waals surface area contributed by atoms with E-state index in [0.717, 1.165) is 5.56 Å². The van der Waals surface area contributed by atoms with E-state index in [-0.39, 0.29) is 18.1 Å². The highest BCUT2D eigenvalue weighted by Crippen LogP contribution is 2.40. The van der Waals surface area contributed by atoms with Crippen molar-refractivity contribution in [2.24, 2.45) is 0 Å². The Hall–Kier alpha value is -3.61. The summed E-state index contributed by atoms with van der Waals surface area (Å²) < 4.78 is 17.4. The largest absolute Gasteiger partial charge is 0.497 e. The Labute approximate surface area is 205 Å². The van der Waals surface area contributed by atoms with Gasteiger partial charge in [0.1, 0.15) is 17.1 Å². The van der Waals surface area contributed by atoms with E-state index in [0.29, 0.717) is 67.0 Å². The van der Waals surface area contributed by atoms with E-state index in [9.17, 15) is 9.59 Å². The van der Waals surface area contributed by atoms with E-state index in [1.807, 2.05) is 12.1 Å². The molecule has 1 aromatic heterocycles. The molecule has 1 amide bonds. The molecule has 2 aromatic carbocycles. The fraction of sp³-hybridized carbons (Fsp3) is 0.393. The maximum atomic E-state index is 12.9. The van der Waals surface area contributed by atoms with Gasteiger partial charge >= 0.3 is 0 Å². The summed E-state index contributed by atoms with van der Waals surface area (Å²) in [6.07, 6.45) is 3.32. The van der Waals surface area contributed by atoms with Crippen LogP contribution in [0.2, 0.25) is 0 Å². The lowest BCUT2D eigenvalue weighted by molar-refractivity contribution is -0.131. The number of methoxy groups -OCH3 is 1. The lowest BCUT2D eigenvalue weighted by Crippen LogP contribution is -2.45. The molecule has 1 unspecified atom stereocenters. The number of benzene rings is 2. The summed E-state index contributed by atoms with van der Waals surface area (Å²) in [7, 11) is 1.57. The van der Waals surface area contributed by atoms with Gasteiger partial charge in [-0.2, -0.15) is 0 Å². The fourth-order valence-electron chi connectivity index (χ4n) is 4.85. The Morgan fingerprint density at radius 1 is 1.20 bits per heavy atom. The Balaban J connectivity index is 1.19. The average Bonchev–Trinajstić information content (AvgIpc) is 3.50. The summed E-state index contributed by atoms with van der Waals surface area (Å²) in [5, 5.41) is 0. The SMILES string of the molecule is COc1ccc2c(c1)C(=O)CC1(CCN(C(=O)CCc3ncc(-c4ccc(C(C)C)cc4)o3)C1)O2. The highest BCUT2D eigenvalue weighted by molar-refractivity contribution is 6.01. The van der Waals surface area contributed by atoms with Crippen LogP contribution in [0.3, 0.4) is 0 Å². The number of hydrogen-bond donors (Lipinski definition) is 0. The molecule has 7 nitrogen and oxygen atoms in total. The number of hydrogen-bond acceptors (Lipinski definition) is 6. The fourth-order valence-corrected chi connectivity index (χ4v) is 4.85. The predicted octanol–water partition coefficient (Wildman–Crippen LogP) is 5.04. The highest BCUT2D eigenvalue weighted by atomic mass is 16.5. The third kappa shape index (κ3) is 4.67. The minimum Gasteiger partial charge on any atom is -0.497 e. The molecule has 1 fully saturated rings. The standard InChI is InChI=1S/C28H30N2O5/c1-18(2)19-4-6-20(7-5-19)25-16-29-26(34-25)10-11-27(32)30-13-12-28(17-30)15-23(31)22-14-21(33-3)8-9-24(22)35-28/h4-9,14,16,18H,10-13,15,17H2,1-3H3. The molecule has 0 aliphatic carbocycles. The number of Topliss-reactive ketones (excluding diaryl/α,β-unsaturated/α-hetero) is 1. The smallest absolute Gasteiger partial charge is 0.223 e. The second kappa shape index (κ2) is 9.21. The summed E-state index contributed by atoms with van der Waals surface area (Å²) in [6, 6.07) is 13.5. The van der Waals surface area contributed by atoms with Crippen LogP contribution >= 0.6 is 0 Å². The van der Waals surface area contributed by atoms with Crippen LogP contribution in [0.5, 0.6) is 11.5 Å². The monoisotopic (exact) mass is 474 g/mol. The Kier molecular flexibility index (Phi) is 6.09. The molecule has 7 heteroatoms. The van der Waals surface area contributed by atoms with E-state index in [2.05, 4.69) is 31.0 Å². The molecule has 0 bridgehead atoms. The normalized spacial score (nSPS) is 19.2. The second-order valence-electron chi connectivity index (χ2n) is 9.71. The van der Waals surface area contributed by atoms with Gasteiger partial charge < -0.3 is 18.8 Å². The Morgan fingerprint density at radius 3 is 2.74 bits per heavy atom. The summed E-state index contributed by atoms with van der Waals surface area (Å²) in [5.41, 5.74) is 2.12. The zero-order chi connectivity index (χ0) is 24.6. The van der Waals surface area contributed by atoms with Crippen molar-refractivity contribution in [2.75, 3.05) is 20.2 Å². The number of fused-ring (bicyclic) bond motifs is 1. The number of aromatic nitrogens is 1. The molecule has 1 spiro atoms. The third-order valence-electron chi connectivity index (χ3n) is 6.93. The number of rotatable bonds is 6. The lowest BCUT2D eigenvalue weighted by atomic mass is 9.89. The molecule has 0 radical (unpaired) electrons. The van der Waals surface area contributed by atoms with Crippen LogP contribution in [-0.4, -0.2) is 47.4 Å². The average molecular weight is 475 g/mol. The van der Waals surface area contributed by atoms with Gasteiger partial charge in [-0.05, 0) is 29.7 Å². The third-order valence-corrected chi connectivity index (χ3v) is 6.93. The molecule has 35 heavy (non-hydrogen) atoms. The van der Waals surface area contributed by atoms with Crippen molar-refractivity contribution in [2.45, 2.75) is 51.0 Å². The molecule has 3 heterocycles. The van der Waals surface area contributed by atoms with Crippen molar-refractivity contribution in [1.29, 1.82) is 0 Å². The van der Waals surface area contributed by atoms with Crippen LogP contribution in [0.15, 0.2) is 53.1 Å². The van der Waals surface area contributed by atoms with E-state index in [1.165, 1.54) is 5.56 Å². The maximum absolute atomic E-state index is 12.9. The van der Waals surface area contributed by atoms with Gasteiger partial charge in [0.2, 0.25) is 5.91 Å². The number of amides is 1. The lowest BCUT2D eigenvalue weighted by Gasteiger charge is -2.34. The number of likely N-dealkylation sites (tertiary alicyclic amines) is 1. The molecule has 182 valence electrons. The number of carbonyl (C=O) groups excluding carboxylic acids is 2. The number of oxazole rings is 1. The molecule has 0 N–H and O–H groups in total. The van der Waals surface area contributed by atoms with Gasteiger partial charge in [-0.3, -0.25) is 9.59 Å². The van der Waals surface area contributed by atoms with Gasteiger partial charge in [0, 0.05) is 31.4 Å². The molecule has 2 aliphatic heterocycles. The van der Waals surface area contributed by atoms with Crippen LogP contribution in [0.4, 0.5) is 0 Å². The van der Waals surface area contributed by atoms with Gasteiger partial charge in [-0.15, -0.1) is 0 Å². The first-order valence-corrected chi connectivity index (χ1v) is 12.1. The molecule has 5 rings (SSSR count). The van der Waals surface area contributed by atoms with Gasteiger partial charge in [0.25, 0.3) is 0 Å². The van der Waals surface area contributed by atoms with Crippen LogP contribution in [0, 0.1) is 0 Å². The van der Waals surface area contributed by atoms with Crippen molar-refractivity contribution in [3.05, 3.63) is 65.7 Å². The topological polar surface area (TPSA) is 81.9 Å². The minimum atomic E-state index is -0.660. The highest BCUT2D eigenvalue weighted by Gasteiger charge is 2.47. The summed E-state index contributed by atoms with van der Waals surface area (Å²) in [6.45, 7) is 5.30. The first-order chi connectivity index (χ1) is 16.9. The molecule has 1 saturated heterocycles. The Morgan fingerprint density at radius 2 is 2.00 bits per heavy atom.